The molecule has 0 aliphatic carbocycles. The van der Waals surface area contributed by atoms with Crippen LogP contribution in [0.3, 0.4) is 0 Å². The summed E-state index contributed by atoms with van der Waals surface area (Å²) in [6.07, 6.45) is 2.88. The molecule has 1 fully saturated rings. The Morgan fingerprint density at radius 3 is 2.42 bits per heavy atom. The normalized spacial score (nSPS) is 15.3. The molecule has 1 saturated heterocycles. The summed E-state index contributed by atoms with van der Waals surface area (Å²) in [5.41, 5.74) is 1.77. The summed E-state index contributed by atoms with van der Waals surface area (Å²) in [4.78, 5) is 31.4. The van der Waals surface area contributed by atoms with Gasteiger partial charge in [0.15, 0.2) is 0 Å². The van der Waals surface area contributed by atoms with Gasteiger partial charge < -0.3 is 19.5 Å². The molecular weight excluding hydrogens is 330 g/mol. The number of aromatic amines is 1. The van der Waals surface area contributed by atoms with Crippen molar-refractivity contribution < 1.29 is 14.3 Å². The molecule has 0 unspecified atom stereocenters. The molecule has 3 rings (SSSR count). The number of para-hydroxylation sites is 1. The summed E-state index contributed by atoms with van der Waals surface area (Å²) in [6.45, 7) is 7.74. The first-order chi connectivity index (χ1) is 12.3. The maximum Gasteiger partial charge on any atom is 0.410 e. The fourth-order valence-corrected chi connectivity index (χ4v) is 3.20. The number of rotatable bonds is 3. The molecule has 6 nitrogen and oxygen atoms in total. The van der Waals surface area contributed by atoms with E-state index in [1.165, 1.54) is 10.9 Å². The molecular formula is C20H27N3O3. The number of hydrogen-bond acceptors (Lipinski definition) is 3. The van der Waals surface area contributed by atoms with Gasteiger partial charge >= 0.3 is 6.09 Å². The van der Waals surface area contributed by atoms with Gasteiger partial charge in [-0.2, -0.15) is 0 Å². The van der Waals surface area contributed by atoms with Crippen molar-refractivity contribution >= 4 is 22.9 Å². The summed E-state index contributed by atoms with van der Waals surface area (Å²) in [6, 6.07) is 8.12. The average molecular weight is 357 g/mol. The Balaban J connectivity index is 1.49. The lowest BCUT2D eigenvalue weighted by Crippen LogP contribution is -2.51. The average Bonchev–Trinajstić information content (AvgIpc) is 3.01. The largest absolute Gasteiger partial charge is 0.444 e. The van der Waals surface area contributed by atoms with Crippen molar-refractivity contribution in [2.24, 2.45) is 0 Å². The Hall–Kier alpha value is -2.50. The molecule has 1 aliphatic rings. The number of carbonyl (C=O) groups is 2. The second-order valence-corrected chi connectivity index (χ2v) is 7.71. The molecule has 2 amide bonds. The van der Waals surface area contributed by atoms with Gasteiger partial charge in [-0.3, -0.25) is 4.79 Å². The first-order valence-electron chi connectivity index (χ1n) is 9.14. The van der Waals surface area contributed by atoms with Crippen molar-refractivity contribution in [1.82, 2.24) is 14.8 Å². The van der Waals surface area contributed by atoms with Crippen LogP contribution >= 0.6 is 0 Å². The van der Waals surface area contributed by atoms with Crippen molar-refractivity contribution in [2.75, 3.05) is 26.2 Å². The zero-order valence-electron chi connectivity index (χ0n) is 15.7. The number of carbonyl (C=O) groups excluding carboxylic acids is 2. The Kier molecular flexibility index (Phi) is 5.20. The topological polar surface area (TPSA) is 65.6 Å². The molecule has 0 saturated carbocycles. The SMILES string of the molecule is CC(C)(C)OC(=O)N1CCN(C(=O)CCc2c[nH]c3ccccc23)CC1. The van der Waals surface area contributed by atoms with E-state index in [-0.39, 0.29) is 12.0 Å². The number of fused-ring (bicyclic) bond motifs is 1. The number of hydrogen-bond donors (Lipinski definition) is 1. The van der Waals surface area contributed by atoms with Gasteiger partial charge in [-0.1, -0.05) is 18.2 Å². The molecule has 0 spiro atoms. The summed E-state index contributed by atoms with van der Waals surface area (Å²) in [7, 11) is 0. The van der Waals surface area contributed by atoms with Crippen LogP contribution in [-0.4, -0.2) is 58.6 Å². The van der Waals surface area contributed by atoms with Crippen LogP contribution in [0.5, 0.6) is 0 Å². The minimum atomic E-state index is -0.497. The zero-order valence-corrected chi connectivity index (χ0v) is 15.7. The third-order valence-electron chi connectivity index (χ3n) is 4.57. The van der Waals surface area contributed by atoms with Crippen LogP contribution in [0.25, 0.3) is 10.9 Å². The lowest BCUT2D eigenvalue weighted by atomic mass is 10.1. The molecule has 2 heterocycles. The Morgan fingerprint density at radius 2 is 1.73 bits per heavy atom. The van der Waals surface area contributed by atoms with Gasteiger partial charge in [0, 0.05) is 49.7 Å². The predicted octanol–water partition coefficient (Wildman–Crippen LogP) is 3.18. The van der Waals surface area contributed by atoms with Gasteiger partial charge in [0.1, 0.15) is 5.60 Å². The quantitative estimate of drug-likeness (QED) is 0.917. The molecule has 0 radical (unpaired) electrons. The third-order valence-corrected chi connectivity index (χ3v) is 4.57. The van der Waals surface area contributed by atoms with Gasteiger partial charge in [0.25, 0.3) is 0 Å². The molecule has 0 bridgehead atoms. The summed E-state index contributed by atoms with van der Waals surface area (Å²) in [5, 5.41) is 1.18. The molecule has 0 atom stereocenters. The van der Waals surface area contributed by atoms with E-state index in [0.717, 1.165) is 11.9 Å². The van der Waals surface area contributed by atoms with Crippen molar-refractivity contribution in [1.29, 1.82) is 0 Å². The molecule has 140 valence electrons. The van der Waals surface area contributed by atoms with Gasteiger partial charge in [0.05, 0.1) is 0 Å². The van der Waals surface area contributed by atoms with E-state index in [0.29, 0.717) is 32.6 Å². The van der Waals surface area contributed by atoms with Crippen LogP contribution < -0.4 is 0 Å². The number of aryl methyl sites for hydroxylation is 1. The maximum absolute atomic E-state index is 12.5. The molecule has 2 aromatic rings. The smallest absolute Gasteiger partial charge is 0.410 e. The molecule has 1 aliphatic heterocycles. The zero-order chi connectivity index (χ0) is 18.7. The highest BCUT2D eigenvalue weighted by Crippen LogP contribution is 2.19. The Bertz CT molecular complexity index is 783. The van der Waals surface area contributed by atoms with Crippen molar-refractivity contribution in [3.8, 4) is 0 Å². The summed E-state index contributed by atoms with van der Waals surface area (Å²) in [5.74, 6) is 0.138. The third kappa shape index (κ3) is 4.36. The first kappa shape index (κ1) is 18.3. The lowest BCUT2D eigenvalue weighted by Gasteiger charge is -2.35. The number of aromatic nitrogens is 1. The van der Waals surface area contributed by atoms with Crippen molar-refractivity contribution in [3.05, 3.63) is 36.0 Å². The van der Waals surface area contributed by atoms with Crippen LogP contribution in [0, 0.1) is 0 Å². The van der Waals surface area contributed by atoms with Crippen molar-refractivity contribution in [3.63, 3.8) is 0 Å². The van der Waals surface area contributed by atoms with Gasteiger partial charge in [-0.15, -0.1) is 0 Å². The van der Waals surface area contributed by atoms with Crippen LogP contribution in [0.15, 0.2) is 30.5 Å². The minimum Gasteiger partial charge on any atom is -0.444 e. The minimum absolute atomic E-state index is 0.138. The van der Waals surface area contributed by atoms with E-state index in [2.05, 4.69) is 11.1 Å². The Labute approximate surface area is 154 Å². The number of nitrogens with zero attached hydrogens (tertiary/aromatic N) is 2. The van der Waals surface area contributed by atoms with Gasteiger partial charge in [0.2, 0.25) is 5.91 Å². The van der Waals surface area contributed by atoms with E-state index in [4.69, 9.17) is 4.74 Å². The van der Waals surface area contributed by atoms with Crippen LogP contribution in [-0.2, 0) is 16.0 Å². The predicted molar refractivity (Wildman–Crippen MR) is 101 cm³/mol. The number of amides is 2. The number of ether oxygens (including phenoxy) is 1. The van der Waals surface area contributed by atoms with Crippen LogP contribution in [0.1, 0.15) is 32.8 Å². The molecule has 6 heteroatoms. The van der Waals surface area contributed by atoms with E-state index in [1.807, 2.05) is 50.1 Å². The first-order valence-corrected chi connectivity index (χ1v) is 9.14. The second kappa shape index (κ2) is 7.40. The number of benzene rings is 1. The fraction of sp³-hybridized carbons (Fsp3) is 0.500. The van der Waals surface area contributed by atoms with Crippen LogP contribution in [0.4, 0.5) is 4.79 Å². The van der Waals surface area contributed by atoms with Crippen LogP contribution in [0.2, 0.25) is 0 Å². The molecule has 1 N–H and O–H groups in total. The van der Waals surface area contributed by atoms with Gasteiger partial charge in [-0.05, 0) is 38.8 Å². The second-order valence-electron chi connectivity index (χ2n) is 7.71. The van der Waals surface area contributed by atoms with E-state index >= 15 is 0 Å². The molecule has 1 aromatic heterocycles. The highest BCUT2D eigenvalue weighted by molar-refractivity contribution is 5.84. The van der Waals surface area contributed by atoms with E-state index in [1.54, 1.807) is 4.90 Å². The number of piperazine rings is 1. The van der Waals surface area contributed by atoms with E-state index < -0.39 is 5.60 Å². The van der Waals surface area contributed by atoms with Gasteiger partial charge in [-0.25, -0.2) is 4.79 Å². The maximum atomic E-state index is 12.5. The summed E-state index contributed by atoms with van der Waals surface area (Å²) >= 11 is 0. The van der Waals surface area contributed by atoms with E-state index in [9.17, 15) is 9.59 Å². The highest BCUT2D eigenvalue weighted by atomic mass is 16.6. The lowest BCUT2D eigenvalue weighted by molar-refractivity contribution is -0.132. The fourth-order valence-electron chi connectivity index (χ4n) is 3.20. The summed E-state index contributed by atoms with van der Waals surface area (Å²) < 4.78 is 5.39. The monoisotopic (exact) mass is 357 g/mol. The van der Waals surface area contributed by atoms with Crippen molar-refractivity contribution in [2.45, 2.75) is 39.2 Å². The number of H-pyrrole nitrogens is 1. The number of nitrogens with one attached hydrogen (secondary N) is 1. The molecule has 1 aromatic carbocycles. The standard InChI is InChI=1S/C20H27N3O3/c1-20(2,3)26-19(25)23-12-10-22(11-13-23)18(24)9-8-15-14-21-17-7-5-4-6-16(15)17/h4-7,14,21H,8-13H2,1-3H3. The Morgan fingerprint density at radius 1 is 1.08 bits per heavy atom. The highest BCUT2D eigenvalue weighted by Gasteiger charge is 2.27. The molecule has 26 heavy (non-hydrogen) atoms.